The van der Waals surface area contributed by atoms with E-state index < -0.39 is 0 Å². The maximum atomic E-state index is 6.11. The van der Waals surface area contributed by atoms with Crippen LogP contribution in [-0.4, -0.2) is 41.4 Å². The highest BCUT2D eigenvalue weighted by Crippen LogP contribution is 2.23. The van der Waals surface area contributed by atoms with Gasteiger partial charge >= 0.3 is 0 Å². The average Bonchev–Trinajstić information content (AvgIpc) is 3.22. The quantitative estimate of drug-likeness (QED) is 0.386. The molecule has 0 aliphatic carbocycles. The fraction of sp³-hybridized carbons (Fsp3) is 0.444. The number of guanidine groups is 1. The van der Waals surface area contributed by atoms with Gasteiger partial charge in [-0.15, -0.1) is 24.0 Å². The van der Waals surface area contributed by atoms with Gasteiger partial charge in [0.1, 0.15) is 0 Å². The Balaban J connectivity index is 0.00000243. The number of nitrogens with zero attached hydrogens (tertiary/aromatic N) is 4. The number of aryl methyl sites for hydroxylation is 1. The lowest BCUT2D eigenvalue weighted by atomic mass is 10.2. The molecule has 2 heterocycles. The van der Waals surface area contributed by atoms with Crippen LogP contribution in [0.3, 0.4) is 0 Å². The highest BCUT2D eigenvalue weighted by atomic mass is 127. The van der Waals surface area contributed by atoms with Crippen molar-refractivity contribution in [1.29, 1.82) is 0 Å². The van der Waals surface area contributed by atoms with Crippen molar-refractivity contribution in [2.24, 2.45) is 12.0 Å². The van der Waals surface area contributed by atoms with Gasteiger partial charge in [0.15, 0.2) is 5.96 Å². The molecule has 1 fully saturated rings. The number of aliphatic imine (C=N–C) groups is 1. The zero-order chi connectivity index (χ0) is 17.6. The molecule has 1 aromatic heterocycles. The first-order chi connectivity index (χ1) is 12.1. The Morgan fingerprint density at radius 3 is 2.96 bits per heavy atom. The fourth-order valence-electron chi connectivity index (χ4n) is 3.02. The summed E-state index contributed by atoms with van der Waals surface area (Å²) in [7, 11) is 1.92. The lowest BCUT2D eigenvalue weighted by Gasteiger charge is -2.20. The van der Waals surface area contributed by atoms with E-state index in [9.17, 15) is 0 Å². The first-order valence-electron chi connectivity index (χ1n) is 8.67. The fourth-order valence-corrected chi connectivity index (χ4v) is 3.21. The van der Waals surface area contributed by atoms with Crippen LogP contribution in [0.1, 0.15) is 18.9 Å². The number of aromatic nitrogens is 2. The van der Waals surface area contributed by atoms with Gasteiger partial charge in [-0.05, 0) is 31.5 Å². The van der Waals surface area contributed by atoms with Gasteiger partial charge in [-0.2, -0.15) is 5.10 Å². The second-order valence-electron chi connectivity index (χ2n) is 6.27. The van der Waals surface area contributed by atoms with Gasteiger partial charge in [-0.1, -0.05) is 17.7 Å². The van der Waals surface area contributed by atoms with Crippen molar-refractivity contribution in [3.8, 4) is 0 Å². The van der Waals surface area contributed by atoms with Crippen molar-refractivity contribution in [1.82, 2.24) is 20.4 Å². The van der Waals surface area contributed by atoms with E-state index in [1.54, 1.807) is 4.68 Å². The van der Waals surface area contributed by atoms with Gasteiger partial charge in [0.2, 0.25) is 0 Å². The Morgan fingerprint density at radius 1 is 1.42 bits per heavy atom. The minimum absolute atomic E-state index is 0. The first-order valence-corrected chi connectivity index (χ1v) is 9.04. The highest BCUT2D eigenvalue weighted by molar-refractivity contribution is 14.0. The molecular formula is C18H26ClIN6. The minimum atomic E-state index is 0. The predicted octanol–water partition coefficient (Wildman–Crippen LogP) is 3.03. The van der Waals surface area contributed by atoms with E-state index in [2.05, 4.69) is 38.6 Å². The van der Waals surface area contributed by atoms with Crippen LogP contribution in [0.25, 0.3) is 0 Å². The van der Waals surface area contributed by atoms with Crippen LogP contribution in [0.4, 0.5) is 5.69 Å². The summed E-state index contributed by atoms with van der Waals surface area (Å²) in [6.07, 6.45) is 4.91. The molecule has 6 nitrogen and oxygen atoms in total. The van der Waals surface area contributed by atoms with Crippen LogP contribution in [0.15, 0.2) is 41.7 Å². The molecule has 1 atom stereocenters. The van der Waals surface area contributed by atoms with E-state index in [0.717, 1.165) is 42.6 Å². The largest absolute Gasteiger partial charge is 0.369 e. The van der Waals surface area contributed by atoms with Crippen molar-refractivity contribution in [2.45, 2.75) is 25.9 Å². The molecule has 1 aromatic carbocycles. The van der Waals surface area contributed by atoms with E-state index in [0.29, 0.717) is 12.6 Å². The van der Waals surface area contributed by atoms with E-state index in [4.69, 9.17) is 11.6 Å². The zero-order valence-corrected chi connectivity index (χ0v) is 18.2. The molecule has 1 saturated heterocycles. The summed E-state index contributed by atoms with van der Waals surface area (Å²) < 4.78 is 1.80. The van der Waals surface area contributed by atoms with Crippen molar-refractivity contribution >= 4 is 47.2 Å². The second kappa shape index (κ2) is 10.0. The number of anilines is 1. The van der Waals surface area contributed by atoms with Gasteiger partial charge in [-0.3, -0.25) is 4.68 Å². The Labute approximate surface area is 177 Å². The van der Waals surface area contributed by atoms with Gasteiger partial charge in [0, 0.05) is 55.2 Å². The van der Waals surface area contributed by atoms with Crippen LogP contribution in [-0.2, 0) is 13.6 Å². The molecule has 0 bridgehead atoms. The number of rotatable bonds is 5. The van der Waals surface area contributed by atoms with Crippen molar-refractivity contribution < 1.29 is 0 Å². The van der Waals surface area contributed by atoms with Crippen LogP contribution >= 0.6 is 35.6 Å². The third kappa shape index (κ3) is 5.77. The van der Waals surface area contributed by atoms with E-state index >= 15 is 0 Å². The van der Waals surface area contributed by atoms with Gasteiger partial charge in [0.05, 0.1) is 12.7 Å². The zero-order valence-electron chi connectivity index (χ0n) is 15.2. The Hall–Kier alpha value is -1.48. The Kier molecular flexibility index (Phi) is 8.02. The smallest absolute Gasteiger partial charge is 0.191 e. The van der Waals surface area contributed by atoms with Crippen molar-refractivity contribution in [3.63, 3.8) is 0 Å². The molecule has 1 aliphatic rings. The lowest BCUT2D eigenvalue weighted by molar-refractivity contribution is 0.649. The third-order valence-electron chi connectivity index (χ3n) is 4.22. The molecule has 26 heavy (non-hydrogen) atoms. The maximum absolute atomic E-state index is 6.11. The van der Waals surface area contributed by atoms with Gasteiger partial charge in [-0.25, -0.2) is 4.99 Å². The normalized spacial score (nSPS) is 17.1. The summed E-state index contributed by atoms with van der Waals surface area (Å²) in [5, 5.41) is 11.8. The monoisotopic (exact) mass is 488 g/mol. The first kappa shape index (κ1) is 20.8. The molecular weight excluding hydrogens is 463 g/mol. The minimum Gasteiger partial charge on any atom is -0.369 e. The van der Waals surface area contributed by atoms with Crippen LogP contribution < -0.4 is 15.5 Å². The third-order valence-corrected chi connectivity index (χ3v) is 4.46. The molecule has 142 valence electrons. The topological polar surface area (TPSA) is 57.5 Å². The summed E-state index contributed by atoms with van der Waals surface area (Å²) in [4.78, 5) is 7.03. The Morgan fingerprint density at radius 2 is 2.27 bits per heavy atom. The summed E-state index contributed by atoms with van der Waals surface area (Å²) in [6.45, 7) is 5.49. The van der Waals surface area contributed by atoms with Gasteiger partial charge in [0.25, 0.3) is 0 Å². The molecule has 2 N–H and O–H groups in total. The van der Waals surface area contributed by atoms with E-state index in [1.807, 2.05) is 37.6 Å². The number of halogens is 2. The SMILES string of the molecule is CCNC(=NCc1cnn(C)c1)NC1CCN(c2cccc(Cl)c2)C1.I. The molecule has 2 aromatic rings. The summed E-state index contributed by atoms with van der Waals surface area (Å²) in [5.41, 5.74) is 2.28. The number of benzene rings is 1. The molecule has 0 radical (unpaired) electrons. The highest BCUT2D eigenvalue weighted by Gasteiger charge is 2.23. The van der Waals surface area contributed by atoms with Crippen LogP contribution in [0, 0.1) is 0 Å². The number of nitrogens with one attached hydrogen (secondary N) is 2. The Bertz CT molecular complexity index is 732. The summed E-state index contributed by atoms with van der Waals surface area (Å²) in [6, 6.07) is 8.40. The standard InChI is InChI=1S/C18H25ClN6.HI/c1-3-20-18(21-10-14-11-22-24(2)12-14)23-16-7-8-25(13-16)17-6-4-5-15(19)9-17;/h4-6,9,11-12,16H,3,7-8,10,13H2,1-2H3,(H2,20,21,23);1H. The average molecular weight is 489 g/mol. The van der Waals surface area contributed by atoms with Crippen LogP contribution in [0.2, 0.25) is 5.02 Å². The molecule has 1 unspecified atom stereocenters. The van der Waals surface area contributed by atoms with Crippen LogP contribution in [0.5, 0.6) is 0 Å². The number of hydrogen-bond acceptors (Lipinski definition) is 3. The predicted molar refractivity (Wildman–Crippen MR) is 119 cm³/mol. The number of hydrogen-bond donors (Lipinski definition) is 2. The van der Waals surface area contributed by atoms with Crippen molar-refractivity contribution in [2.75, 3.05) is 24.5 Å². The molecule has 8 heteroatoms. The maximum Gasteiger partial charge on any atom is 0.191 e. The van der Waals surface area contributed by atoms with Gasteiger partial charge < -0.3 is 15.5 Å². The summed E-state index contributed by atoms with van der Waals surface area (Å²) in [5.74, 6) is 0.851. The molecule has 3 rings (SSSR count). The lowest BCUT2D eigenvalue weighted by Crippen LogP contribution is -2.44. The molecule has 0 saturated carbocycles. The summed E-state index contributed by atoms with van der Waals surface area (Å²) >= 11 is 6.11. The van der Waals surface area contributed by atoms with Crippen molar-refractivity contribution in [3.05, 3.63) is 47.2 Å². The van der Waals surface area contributed by atoms with E-state index in [1.165, 1.54) is 5.69 Å². The molecule has 0 amide bonds. The van der Waals surface area contributed by atoms with E-state index in [-0.39, 0.29) is 24.0 Å². The molecule has 1 aliphatic heterocycles. The molecule has 0 spiro atoms. The second-order valence-corrected chi connectivity index (χ2v) is 6.71.